The van der Waals surface area contributed by atoms with Crippen LogP contribution in [0, 0.1) is 5.82 Å². The summed E-state index contributed by atoms with van der Waals surface area (Å²) in [5.41, 5.74) is 5.98. The maximum absolute atomic E-state index is 12.9. The van der Waals surface area contributed by atoms with E-state index in [2.05, 4.69) is 10.6 Å². The van der Waals surface area contributed by atoms with Crippen LogP contribution in [0.2, 0.25) is 0 Å². The van der Waals surface area contributed by atoms with Crippen LogP contribution >= 0.6 is 12.4 Å². The Morgan fingerprint density at radius 3 is 2.33 bits per heavy atom. The lowest BCUT2D eigenvalue weighted by molar-refractivity contribution is -0.141. The van der Waals surface area contributed by atoms with Gasteiger partial charge in [-0.2, -0.15) is 0 Å². The van der Waals surface area contributed by atoms with Gasteiger partial charge in [0.05, 0.1) is 5.54 Å². The predicted molar refractivity (Wildman–Crippen MR) is 102 cm³/mol. The number of amides is 3. The number of nitrogens with one attached hydrogen (secondary N) is 2. The van der Waals surface area contributed by atoms with Crippen molar-refractivity contribution in [1.29, 1.82) is 0 Å². The summed E-state index contributed by atoms with van der Waals surface area (Å²) in [4.78, 5) is 26.5. The van der Waals surface area contributed by atoms with Crippen LogP contribution in [-0.4, -0.2) is 54.7 Å². The topological polar surface area (TPSA) is 96.7 Å². The van der Waals surface area contributed by atoms with E-state index in [-0.39, 0.29) is 36.2 Å². The molecule has 0 atom stereocenters. The van der Waals surface area contributed by atoms with Crippen molar-refractivity contribution in [2.45, 2.75) is 37.3 Å². The summed E-state index contributed by atoms with van der Waals surface area (Å²) >= 11 is 0. The zero-order chi connectivity index (χ0) is 18.6. The van der Waals surface area contributed by atoms with Gasteiger partial charge in [-0.05, 0) is 49.9 Å². The van der Waals surface area contributed by atoms with Gasteiger partial charge in [-0.25, -0.2) is 9.18 Å². The molecule has 0 bridgehead atoms. The van der Waals surface area contributed by atoms with Gasteiger partial charge in [0, 0.05) is 38.0 Å². The molecular formula is C18H26ClFN4O3. The van der Waals surface area contributed by atoms with E-state index in [4.69, 9.17) is 10.5 Å². The van der Waals surface area contributed by atoms with E-state index >= 15 is 0 Å². The maximum atomic E-state index is 12.9. The fourth-order valence-corrected chi connectivity index (χ4v) is 3.38. The number of urea groups is 1. The van der Waals surface area contributed by atoms with Crippen molar-refractivity contribution in [2.75, 3.05) is 31.6 Å². The molecule has 2 aliphatic rings. The first-order valence-electron chi connectivity index (χ1n) is 8.95. The molecule has 2 fully saturated rings. The number of anilines is 1. The van der Waals surface area contributed by atoms with Gasteiger partial charge in [0.1, 0.15) is 5.82 Å². The number of hydrogen-bond donors (Lipinski definition) is 3. The molecule has 0 spiro atoms. The number of benzene rings is 1. The molecule has 0 saturated carbocycles. The molecule has 7 nitrogen and oxygen atoms in total. The van der Waals surface area contributed by atoms with Crippen molar-refractivity contribution in [3.05, 3.63) is 30.1 Å². The van der Waals surface area contributed by atoms with Gasteiger partial charge in [0.2, 0.25) is 5.91 Å². The van der Waals surface area contributed by atoms with E-state index in [1.54, 1.807) is 4.90 Å². The fraction of sp³-hybridized carbons (Fsp3) is 0.556. The van der Waals surface area contributed by atoms with E-state index in [0.29, 0.717) is 57.7 Å². The van der Waals surface area contributed by atoms with Crippen molar-refractivity contribution in [1.82, 2.24) is 10.2 Å². The number of nitrogens with two attached hydrogens (primary N) is 1. The first kappa shape index (κ1) is 21.4. The zero-order valence-electron chi connectivity index (χ0n) is 15.1. The molecular weight excluding hydrogens is 375 g/mol. The molecule has 2 heterocycles. The molecule has 0 aromatic heterocycles. The lowest BCUT2D eigenvalue weighted by Gasteiger charge is -2.40. The Bertz CT molecular complexity index is 645. The number of rotatable bonds is 3. The van der Waals surface area contributed by atoms with Crippen LogP contribution < -0.4 is 16.4 Å². The summed E-state index contributed by atoms with van der Waals surface area (Å²) in [7, 11) is 0. The largest absolute Gasteiger partial charge is 0.381 e. The van der Waals surface area contributed by atoms with Gasteiger partial charge in [-0.3, -0.25) is 4.79 Å². The molecule has 3 amide bonds. The Kier molecular flexibility index (Phi) is 7.41. The highest BCUT2D eigenvalue weighted by molar-refractivity contribution is 5.89. The highest BCUT2D eigenvalue weighted by Gasteiger charge is 2.39. The number of carbonyl (C=O) groups excluding carboxylic acids is 2. The fourth-order valence-electron chi connectivity index (χ4n) is 3.38. The van der Waals surface area contributed by atoms with Gasteiger partial charge >= 0.3 is 6.03 Å². The Morgan fingerprint density at radius 2 is 1.74 bits per heavy atom. The number of halogens is 2. The van der Waals surface area contributed by atoms with Gasteiger partial charge in [0.25, 0.3) is 0 Å². The van der Waals surface area contributed by atoms with E-state index < -0.39 is 5.54 Å². The number of hydrogen-bond acceptors (Lipinski definition) is 4. The van der Waals surface area contributed by atoms with E-state index in [9.17, 15) is 14.0 Å². The van der Waals surface area contributed by atoms with Crippen LogP contribution in [0.3, 0.4) is 0 Å². The summed E-state index contributed by atoms with van der Waals surface area (Å²) < 4.78 is 18.2. The van der Waals surface area contributed by atoms with Crippen LogP contribution in [0.4, 0.5) is 14.9 Å². The van der Waals surface area contributed by atoms with E-state index in [1.165, 1.54) is 24.3 Å². The minimum absolute atomic E-state index is 0. The monoisotopic (exact) mass is 400 g/mol. The number of likely N-dealkylation sites (tertiary alicyclic amines) is 1. The lowest BCUT2D eigenvalue weighted by Crippen LogP contribution is -2.60. The molecule has 150 valence electrons. The van der Waals surface area contributed by atoms with Crippen molar-refractivity contribution in [3.63, 3.8) is 0 Å². The molecule has 2 saturated heterocycles. The van der Waals surface area contributed by atoms with Crippen LogP contribution in [0.25, 0.3) is 0 Å². The van der Waals surface area contributed by atoms with E-state index in [0.717, 1.165) is 0 Å². The first-order valence-corrected chi connectivity index (χ1v) is 8.95. The number of ether oxygens (including phenoxy) is 1. The Balaban J connectivity index is 0.00000261. The smallest absolute Gasteiger partial charge is 0.319 e. The van der Waals surface area contributed by atoms with Gasteiger partial charge in [0.15, 0.2) is 0 Å². The molecule has 0 aliphatic carbocycles. The summed E-state index contributed by atoms with van der Waals surface area (Å²) in [5.74, 6) is -0.370. The summed E-state index contributed by atoms with van der Waals surface area (Å²) in [5, 5.41) is 5.57. The molecule has 27 heavy (non-hydrogen) atoms. The normalized spacial score (nSPS) is 19.7. The highest BCUT2D eigenvalue weighted by Crippen LogP contribution is 2.23. The quantitative estimate of drug-likeness (QED) is 0.721. The van der Waals surface area contributed by atoms with Crippen LogP contribution in [0.1, 0.15) is 25.7 Å². The third-order valence-electron chi connectivity index (χ3n) is 5.03. The zero-order valence-corrected chi connectivity index (χ0v) is 15.9. The van der Waals surface area contributed by atoms with Crippen molar-refractivity contribution in [2.24, 2.45) is 5.73 Å². The second kappa shape index (κ2) is 9.34. The number of piperidine rings is 1. The van der Waals surface area contributed by atoms with Gasteiger partial charge in [-0.15, -0.1) is 12.4 Å². The van der Waals surface area contributed by atoms with Crippen LogP contribution in [-0.2, 0) is 9.53 Å². The second-order valence-corrected chi connectivity index (χ2v) is 6.94. The molecule has 9 heteroatoms. The third kappa shape index (κ3) is 5.54. The van der Waals surface area contributed by atoms with Crippen molar-refractivity contribution >= 4 is 30.0 Å². The number of nitrogens with zero attached hydrogens (tertiary/aromatic N) is 1. The van der Waals surface area contributed by atoms with Crippen LogP contribution in [0.15, 0.2) is 24.3 Å². The summed E-state index contributed by atoms with van der Waals surface area (Å²) in [6.45, 7) is 2.17. The molecule has 4 N–H and O–H groups in total. The van der Waals surface area contributed by atoms with Crippen LogP contribution in [0.5, 0.6) is 0 Å². The Labute approximate surface area is 164 Å². The standard InChI is InChI=1S/C18H25FN4O3.ClH/c19-13-1-3-14(4-2-13)21-17(25)22-15-5-9-23(10-6-15)16(24)18(20)7-11-26-12-8-18;/h1-4,15H,5-12,20H2,(H2,21,22,25);1H. The summed E-state index contributed by atoms with van der Waals surface area (Å²) in [6, 6.07) is 5.25. The maximum Gasteiger partial charge on any atom is 0.319 e. The minimum Gasteiger partial charge on any atom is -0.381 e. The first-order chi connectivity index (χ1) is 12.5. The molecule has 2 aliphatic heterocycles. The highest BCUT2D eigenvalue weighted by atomic mass is 35.5. The van der Waals surface area contributed by atoms with E-state index in [1.807, 2.05) is 0 Å². The molecule has 0 radical (unpaired) electrons. The number of carbonyl (C=O) groups is 2. The molecule has 1 aromatic rings. The molecule has 1 aromatic carbocycles. The van der Waals surface area contributed by atoms with Crippen molar-refractivity contribution < 1.29 is 18.7 Å². The van der Waals surface area contributed by atoms with Crippen molar-refractivity contribution in [3.8, 4) is 0 Å². The molecule has 0 unspecified atom stereocenters. The summed E-state index contributed by atoms with van der Waals surface area (Å²) in [6.07, 6.45) is 2.44. The average Bonchev–Trinajstić information content (AvgIpc) is 2.64. The lowest BCUT2D eigenvalue weighted by atomic mass is 9.88. The van der Waals surface area contributed by atoms with Gasteiger partial charge < -0.3 is 26.0 Å². The SMILES string of the molecule is Cl.NC1(C(=O)N2CCC(NC(=O)Nc3ccc(F)cc3)CC2)CCOCC1. The minimum atomic E-state index is -0.821. The second-order valence-electron chi connectivity index (χ2n) is 6.94. The Hall–Kier alpha value is -1.90. The predicted octanol–water partition coefficient (Wildman–Crippen LogP) is 1.87. The van der Waals surface area contributed by atoms with Gasteiger partial charge in [-0.1, -0.05) is 0 Å². The average molecular weight is 401 g/mol. The molecule has 3 rings (SSSR count). The third-order valence-corrected chi connectivity index (χ3v) is 5.03. The Morgan fingerprint density at radius 1 is 1.15 bits per heavy atom.